The zero-order chi connectivity index (χ0) is 17.6. The van der Waals surface area contributed by atoms with E-state index in [1.54, 1.807) is 0 Å². The lowest BCUT2D eigenvalue weighted by Gasteiger charge is -2.11. The van der Waals surface area contributed by atoms with Gasteiger partial charge in [-0.3, -0.25) is 4.79 Å². The van der Waals surface area contributed by atoms with Crippen molar-refractivity contribution in [1.82, 2.24) is 15.5 Å². The van der Waals surface area contributed by atoms with E-state index in [1.165, 1.54) is 0 Å². The number of amides is 1. The molecule has 130 valence electrons. The van der Waals surface area contributed by atoms with Crippen LogP contribution in [0.25, 0.3) is 22.2 Å². The van der Waals surface area contributed by atoms with E-state index in [-0.39, 0.29) is 11.9 Å². The Hall–Kier alpha value is -2.69. The smallest absolute Gasteiger partial charge is 0.227 e. The highest BCUT2D eigenvalue weighted by Gasteiger charge is 2.13. The maximum absolute atomic E-state index is 12.0. The predicted octanol–water partition coefficient (Wildman–Crippen LogP) is 4.13. The summed E-state index contributed by atoms with van der Waals surface area (Å²) < 4.78 is 5.33. The van der Waals surface area contributed by atoms with E-state index in [1.807, 2.05) is 37.3 Å². The van der Waals surface area contributed by atoms with Gasteiger partial charge < -0.3 is 9.84 Å². The second kappa shape index (κ2) is 7.92. The van der Waals surface area contributed by atoms with Crippen LogP contribution in [-0.4, -0.2) is 22.1 Å². The van der Waals surface area contributed by atoms with E-state index in [4.69, 9.17) is 4.52 Å². The normalized spacial score (nSPS) is 12.2. The van der Waals surface area contributed by atoms with Gasteiger partial charge in [-0.1, -0.05) is 61.0 Å². The first-order chi connectivity index (χ1) is 12.2. The van der Waals surface area contributed by atoms with Crippen LogP contribution in [0.3, 0.4) is 0 Å². The van der Waals surface area contributed by atoms with Crippen molar-refractivity contribution >= 4 is 16.7 Å². The molecule has 0 aliphatic rings. The van der Waals surface area contributed by atoms with Gasteiger partial charge in [0.1, 0.15) is 0 Å². The molecule has 3 aromatic rings. The molecule has 3 rings (SSSR count). The van der Waals surface area contributed by atoms with Crippen molar-refractivity contribution in [2.45, 2.75) is 45.6 Å². The molecule has 1 N–H and O–H groups in total. The van der Waals surface area contributed by atoms with E-state index >= 15 is 0 Å². The summed E-state index contributed by atoms with van der Waals surface area (Å²) in [4.78, 5) is 16.4. The van der Waals surface area contributed by atoms with E-state index < -0.39 is 0 Å². The summed E-state index contributed by atoms with van der Waals surface area (Å²) in [5, 5.41) is 9.29. The van der Waals surface area contributed by atoms with Crippen molar-refractivity contribution in [1.29, 1.82) is 0 Å². The molecule has 0 fully saturated rings. The molecule has 1 amide bonds. The Morgan fingerprint density at radius 3 is 2.84 bits per heavy atom. The number of aryl methyl sites for hydroxylation is 1. The summed E-state index contributed by atoms with van der Waals surface area (Å²) in [6.45, 7) is 4.13. The highest BCUT2D eigenvalue weighted by atomic mass is 16.5. The van der Waals surface area contributed by atoms with Gasteiger partial charge in [-0.15, -0.1) is 0 Å². The Bertz CT molecular complexity index is 852. The van der Waals surface area contributed by atoms with Crippen LogP contribution in [0.15, 0.2) is 47.0 Å². The Balaban J connectivity index is 1.67. The third-order valence-electron chi connectivity index (χ3n) is 4.19. The first kappa shape index (κ1) is 17.1. The summed E-state index contributed by atoms with van der Waals surface area (Å²) >= 11 is 0. The van der Waals surface area contributed by atoms with Crippen LogP contribution in [-0.2, 0) is 11.2 Å². The molecule has 0 unspecified atom stereocenters. The quantitative estimate of drug-likeness (QED) is 0.704. The first-order valence-electron chi connectivity index (χ1n) is 8.77. The lowest BCUT2D eigenvalue weighted by molar-refractivity contribution is -0.121. The van der Waals surface area contributed by atoms with Crippen molar-refractivity contribution in [3.63, 3.8) is 0 Å². The van der Waals surface area contributed by atoms with Crippen molar-refractivity contribution < 1.29 is 9.32 Å². The van der Waals surface area contributed by atoms with Gasteiger partial charge in [0.15, 0.2) is 0 Å². The molecule has 1 atom stereocenters. The fraction of sp³-hybridized carbons (Fsp3) is 0.350. The summed E-state index contributed by atoms with van der Waals surface area (Å²) in [5.74, 6) is 1.07. The van der Waals surface area contributed by atoms with E-state index in [9.17, 15) is 4.79 Å². The highest BCUT2D eigenvalue weighted by molar-refractivity contribution is 5.94. The number of fused-ring (bicyclic) bond motifs is 1. The summed E-state index contributed by atoms with van der Waals surface area (Å²) in [6.07, 6.45) is 2.84. The monoisotopic (exact) mass is 337 g/mol. The molecule has 2 aromatic carbocycles. The number of rotatable bonds is 7. The Kier molecular flexibility index (Phi) is 5.43. The maximum atomic E-state index is 12.0. The molecule has 5 nitrogen and oxygen atoms in total. The molecule has 0 saturated carbocycles. The average Bonchev–Trinajstić information content (AvgIpc) is 3.08. The van der Waals surface area contributed by atoms with Crippen LogP contribution in [0.1, 0.15) is 39.0 Å². The number of hydrogen-bond acceptors (Lipinski definition) is 4. The molecule has 0 saturated heterocycles. The molecule has 0 spiro atoms. The number of benzene rings is 2. The average molecular weight is 337 g/mol. The standard InChI is InChI=1S/C20H23N3O2/c1-3-7-14(2)21-18(24)12-13-19-22-20(23-25-19)17-11-6-9-15-8-4-5-10-16(15)17/h4-6,8-11,14H,3,7,12-13H2,1-2H3,(H,21,24)/t14-/m1/s1. The van der Waals surface area contributed by atoms with Crippen molar-refractivity contribution in [2.24, 2.45) is 0 Å². The second-order valence-corrected chi connectivity index (χ2v) is 6.30. The van der Waals surface area contributed by atoms with Gasteiger partial charge in [0.2, 0.25) is 17.6 Å². The van der Waals surface area contributed by atoms with Crippen molar-refractivity contribution in [3.05, 3.63) is 48.4 Å². The van der Waals surface area contributed by atoms with Gasteiger partial charge >= 0.3 is 0 Å². The molecule has 25 heavy (non-hydrogen) atoms. The largest absolute Gasteiger partial charge is 0.354 e. The lowest BCUT2D eigenvalue weighted by atomic mass is 10.0. The van der Waals surface area contributed by atoms with Gasteiger partial charge in [-0.25, -0.2) is 0 Å². The molecular formula is C20H23N3O2. The maximum Gasteiger partial charge on any atom is 0.227 e. The number of carbonyl (C=O) groups excluding carboxylic acids is 1. The first-order valence-corrected chi connectivity index (χ1v) is 8.77. The topological polar surface area (TPSA) is 68.0 Å². The minimum atomic E-state index is 0.0193. The van der Waals surface area contributed by atoms with Crippen LogP contribution in [0, 0.1) is 0 Å². The van der Waals surface area contributed by atoms with Crippen LogP contribution >= 0.6 is 0 Å². The molecule has 0 aliphatic heterocycles. The SMILES string of the molecule is CCC[C@@H](C)NC(=O)CCc1nc(-c2cccc3ccccc23)no1. The number of nitrogens with zero attached hydrogens (tertiary/aromatic N) is 2. The third-order valence-corrected chi connectivity index (χ3v) is 4.19. The predicted molar refractivity (Wildman–Crippen MR) is 98.1 cm³/mol. The number of aromatic nitrogens is 2. The van der Waals surface area contributed by atoms with E-state index in [0.29, 0.717) is 24.6 Å². The number of nitrogens with one attached hydrogen (secondary N) is 1. The highest BCUT2D eigenvalue weighted by Crippen LogP contribution is 2.26. The van der Waals surface area contributed by atoms with Crippen LogP contribution < -0.4 is 5.32 Å². The minimum Gasteiger partial charge on any atom is -0.354 e. The molecule has 1 aromatic heterocycles. The Morgan fingerprint density at radius 1 is 1.20 bits per heavy atom. The Morgan fingerprint density at radius 2 is 2.00 bits per heavy atom. The van der Waals surface area contributed by atoms with Crippen molar-refractivity contribution in [3.8, 4) is 11.4 Å². The van der Waals surface area contributed by atoms with Gasteiger partial charge in [-0.2, -0.15) is 4.98 Å². The summed E-state index contributed by atoms with van der Waals surface area (Å²) in [7, 11) is 0. The fourth-order valence-electron chi connectivity index (χ4n) is 2.96. The summed E-state index contributed by atoms with van der Waals surface area (Å²) in [6, 6.07) is 14.3. The van der Waals surface area contributed by atoms with Crippen LogP contribution in [0.5, 0.6) is 0 Å². The molecule has 5 heteroatoms. The molecular weight excluding hydrogens is 314 g/mol. The number of hydrogen-bond donors (Lipinski definition) is 1. The van der Waals surface area contributed by atoms with Gasteiger partial charge in [0, 0.05) is 24.4 Å². The lowest BCUT2D eigenvalue weighted by Crippen LogP contribution is -2.32. The molecule has 0 radical (unpaired) electrons. The summed E-state index contributed by atoms with van der Waals surface area (Å²) in [5.41, 5.74) is 0.939. The van der Waals surface area contributed by atoms with Crippen LogP contribution in [0.2, 0.25) is 0 Å². The molecule has 0 bridgehead atoms. The van der Waals surface area contributed by atoms with Crippen LogP contribution in [0.4, 0.5) is 0 Å². The number of carbonyl (C=O) groups is 1. The molecule has 1 heterocycles. The Labute approximate surface area is 147 Å². The van der Waals surface area contributed by atoms with Crippen molar-refractivity contribution in [2.75, 3.05) is 0 Å². The zero-order valence-corrected chi connectivity index (χ0v) is 14.7. The van der Waals surface area contributed by atoms with Gasteiger partial charge in [-0.05, 0) is 24.1 Å². The second-order valence-electron chi connectivity index (χ2n) is 6.30. The van der Waals surface area contributed by atoms with Gasteiger partial charge in [0.05, 0.1) is 0 Å². The minimum absolute atomic E-state index is 0.0193. The van der Waals surface area contributed by atoms with E-state index in [0.717, 1.165) is 29.2 Å². The third kappa shape index (κ3) is 4.24. The van der Waals surface area contributed by atoms with E-state index in [2.05, 4.69) is 34.5 Å². The fourth-order valence-corrected chi connectivity index (χ4v) is 2.96. The zero-order valence-electron chi connectivity index (χ0n) is 14.7. The molecule has 0 aliphatic carbocycles. The van der Waals surface area contributed by atoms with Gasteiger partial charge in [0.25, 0.3) is 0 Å².